The van der Waals surface area contributed by atoms with Crippen LogP contribution in [0.4, 0.5) is 0 Å². The van der Waals surface area contributed by atoms with Gasteiger partial charge in [0.15, 0.2) is 5.96 Å². The number of aliphatic imine (C=N–C) groups is 1. The smallest absolute Gasteiger partial charge is 0.191 e. The average molecular weight is 281 g/mol. The van der Waals surface area contributed by atoms with Crippen molar-refractivity contribution in [3.63, 3.8) is 0 Å². The molecule has 0 unspecified atom stereocenters. The Morgan fingerprint density at radius 1 is 1.30 bits per heavy atom. The molecule has 2 rings (SSSR count). The second kappa shape index (κ2) is 7.87. The van der Waals surface area contributed by atoms with Crippen molar-refractivity contribution >= 4 is 5.96 Å². The molecule has 2 N–H and O–H groups in total. The molecule has 0 aliphatic heterocycles. The minimum atomic E-state index is 0.412. The predicted molar refractivity (Wildman–Crippen MR) is 84.1 cm³/mol. The molecular weight excluding hydrogens is 250 g/mol. The third-order valence-electron chi connectivity index (χ3n) is 4.71. The van der Waals surface area contributed by atoms with Crippen LogP contribution < -0.4 is 10.6 Å². The summed E-state index contributed by atoms with van der Waals surface area (Å²) in [5.41, 5.74) is 0.412. The molecule has 0 atom stereocenters. The molecule has 4 heteroatoms. The van der Waals surface area contributed by atoms with E-state index in [4.69, 9.17) is 9.73 Å². The predicted octanol–water partition coefficient (Wildman–Crippen LogP) is 2.55. The largest absolute Gasteiger partial charge is 0.385 e. The van der Waals surface area contributed by atoms with Crippen LogP contribution in [0.25, 0.3) is 0 Å². The van der Waals surface area contributed by atoms with Gasteiger partial charge in [0.05, 0.1) is 0 Å². The van der Waals surface area contributed by atoms with Crippen molar-refractivity contribution in [2.45, 2.75) is 51.9 Å². The molecule has 0 amide bonds. The SMILES string of the molecule is CCNC(=NCC1(CCOC)CCC1)NCCC1CC1. The van der Waals surface area contributed by atoms with Crippen LogP contribution in [0, 0.1) is 11.3 Å². The van der Waals surface area contributed by atoms with Gasteiger partial charge < -0.3 is 15.4 Å². The summed E-state index contributed by atoms with van der Waals surface area (Å²) in [6, 6.07) is 0. The molecule has 0 saturated heterocycles. The molecule has 0 bridgehead atoms. The van der Waals surface area contributed by atoms with Crippen molar-refractivity contribution in [3.8, 4) is 0 Å². The van der Waals surface area contributed by atoms with Gasteiger partial charge in [-0.3, -0.25) is 4.99 Å². The van der Waals surface area contributed by atoms with Gasteiger partial charge in [0.25, 0.3) is 0 Å². The van der Waals surface area contributed by atoms with E-state index in [-0.39, 0.29) is 0 Å². The highest BCUT2D eigenvalue weighted by Crippen LogP contribution is 2.44. The lowest BCUT2D eigenvalue weighted by atomic mass is 9.67. The van der Waals surface area contributed by atoms with Crippen molar-refractivity contribution in [1.29, 1.82) is 0 Å². The Morgan fingerprint density at radius 3 is 2.65 bits per heavy atom. The lowest BCUT2D eigenvalue weighted by molar-refractivity contribution is 0.0778. The lowest BCUT2D eigenvalue weighted by Crippen LogP contribution is -2.40. The van der Waals surface area contributed by atoms with Gasteiger partial charge in [-0.05, 0) is 43.9 Å². The summed E-state index contributed by atoms with van der Waals surface area (Å²) in [6.45, 7) is 5.92. The van der Waals surface area contributed by atoms with Crippen molar-refractivity contribution in [2.75, 3.05) is 33.4 Å². The number of hydrogen-bond donors (Lipinski definition) is 2. The fourth-order valence-electron chi connectivity index (χ4n) is 2.87. The topological polar surface area (TPSA) is 45.7 Å². The van der Waals surface area contributed by atoms with Crippen LogP contribution >= 0.6 is 0 Å². The van der Waals surface area contributed by atoms with Gasteiger partial charge in [-0.1, -0.05) is 19.3 Å². The third-order valence-corrected chi connectivity index (χ3v) is 4.71. The quantitative estimate of drug-likeness (QED) is 0.504. The molecule has 2 aliphatic rings. The second-order valence-electron chi connectivity index (χ2n) is 6.45. The van der Waals surface area contributed by atoms with Crippen molar-refractivity contribution < 1.29 is 4.74 Å². The van der Waals surface area contributed by atoms with Crippen LogP contribution in [0.3, 0.4) is 0 Å². The minimum absolute atomic E-state index is 0.412. The highest BCUT2D eigenvalue weighted by atomic mass is 16.5. The van der Waals surface area contributed by atoms with E-state index in [1.165, 1.54) is 38.5 Å². The highest BCUT2D eigenvalue weighted by molar-refractivity contribution is 5.79. The molecule has 0 aromatic carbocycles. The number of nitrogens with one attached hydrogen (secondary N) is 2. The minimum Gasteiger partial charge on any atom is -0.385 e. The summed E-state index contributed by atoms with van der Waals surface area (Å²) in [4.78, 5) is 4.82. The molecule has 0 heterocycles. The van der Waals surface area contributed by atoms with Gasteiger partial charge in [-0.25, -0.2) is 0 Å². The Bertz CT molecular complexity index is 309. The maximum Gasteiger partial charge on any atom is 0.191 e. The van der Waals surface area contributed by atoms with Gasteiger partial charge in [0.1, 0.15) is 0 Å². The summed E-state index contributed by atoms with van der Waals surface area (Å²) in [6.07, 6.45) is 9.26. The van der Waals surface area contributed by atoms with Gasteiger partial charge >= 0.3 is 0 Å². The first-order chi connectivity index (χ1) is 9.78. The van der Waals surface area contributed by atoms with E-state index >= 15 is 0 Å². The Balaban J connectivity index is 1.76. The zero-order chi connectivity index (χ0) is 14.3. The summed E-state index contributed by atoms with van der Waals surface area (Å²) in [7, 11) is 1.79. The maximum absolute atomic E-state index is 5.25. The molecule has 4 nitrogen and oxygen atoms in total. The monoisotopic (exact) mass is 281 g/mol. The number of rotatable bonds is 9. The zero-order valence-corrected chi connectivity index (χ0v) is 13.2. The van der Waals surface area contributed by atoms with Crippen molar-refractivity contribution in [3.05, 3.63) is 0 Å². The van der Waals surface area contributed by atoms with Crippen LogP contribution in [0.15, 0.2) is 4.99 Å². The Hall–Kier alpha value is -0.770. The second-order valence-corrected chi connectivity index (χ2v) is 6.45. The Morgan fingerprint density at radius 2 is 2.10 bits per heavy atom. The van der Waals surface area contributed by atoms with Crippen LogP contribution in [0.2, 0.25) is 0 Å². The summed E-state index contributed by atoms with van der Waals surface area (Å²) in [5.74, 6) is 1.97. The first kappa shape index (κ1) is 15.6. The van der Waals surface area contributed by atoms with Crippen molar-refractivity contribution in [1.82, 2.24) is 10.6 Å². The molecule has 0 spiro atoms. The van der Waals surface area contributed by atoms with Crippen LogP contribution in [0.1, 0.15) is 51.9 Å². The van der Waals surface area contributed by atoms with Crippen LogP contribution in [-0.4, -0.2) is 39.3 Å². The molecule has 2 fully saturated rings. The van der Waals surface area contributed by atoms with E-state index in [1.54, 1.807) is 7.11 Å². The standard InChI is InChI=1S/C16H31N3O/c1-3-17-15(18-11-7-14-5-6-14)19-13-16(8-4-9-16)10-12-20-2/h14H,3-13H2,1-2H3,(H2,17,18,19). The Kier molecular flexibility index (Phi) is 6.14. The summed E-state index contributed by atoms with van der Waals surface area (Å²) >= 11 is 0. The number of guanidine groups is 1. The molecule has 0 aromatic heterocycles. The number of methoxy groups -OCH3 is 1. The molecule has 0 aromatic rings. The number of hydrogen-bond acceptors (Lipinski definition) is 2. The van der Waals surface area contributed by atoms with E-state index < -0.39 is 0 Å². The maximum atomic E-state index is 5.25. The molecule has 2 aliphatic carbocycles. The third kappa shape index (κ3) is 4.97. The zero-order valence-electron chi connectivity index (χ0n) is 13.2. The van der Waals surface area contributed by atoms with Crippen molar-refractivity contribution in [2.24, 2.45) is 16.3 Å². The number of ether oxygens (including phenoxy) is 1. The normalized spacial score (nSPS) is 21.4. The van der Waals surface area contributed by atoms with Gasteiger partial charge in [-0.2, -0.15) is 0 Å². The average Bonchev–Trinajstić information content (AvgIpc) is 3.21. The first-order valence-electron chi connectivity index (χ1n) is 8.29. The lowest BCUT2D eigenvalue weighted by Gasteiger charge is -2.40. The summed E-state index contributed by atoms with van der Waals surface area (Å²) in [5, 5.41) is 6.84. The molecule has 116 valence electrons. The van der Waals surface area contributed by atoms with Gasteiger partial charge in [-0.15, -0.1) is 0 Å². The van der Waals surface area contributed by atoms with Crippen LogP contribution in [0.5, 0.6) is 0 Å². The summed E-state index contributed by atoms with van der Waals surface area (Å²) < 4.78 is 5.25. The van der Waals surface area contributed by atoms with Gasteiger partial charge in [0, 0.05) is 33.4 Å². The van der Waals surface area contributed by atoms with E-state index in [0.717, 1.165) is 44.5 Å². The van der Waals surface area contributed by atoms with E-state index in [2.05, 4.69) is 17.6 Å². The fraction of sp³-hybridized carbons (Fsp3) is 0.938. The molecule has 0 radical (unpaired) electrons. The highest BCUT2D eigenvalue weighted by Gasteiger charge is 2.36. The van der Waals surface area contributed by atoms with E-state index in [1.807, 2.05) is 0 Å². The van der Waals surface area contributed by atoms with E-state index in [0.29, 0.717) is 5.41 Å². The van der Waals surface area contributed by atoms with Gasteiger partial charge in [0.2, 0.25) is 0 Å². The molecule has 20 heavy (non-hydrogen) atoms. The molecular formula is C16H31N3O. The first-order valence-corrected chi connectivity index (χ1v) is 8.29. The van der Waals surface area contributed by atoms with E-state index in [9.17, 15) is 0 Å². The van der Waals surface area contributed by atoms with Crippen LogP contribution in [-0.2, 0) is 4.74 Å². The number of nitrogens with zero attached hydrogens (tertiary/aromatic N) is 1. The molecule has 2 saturated carbocycles. The Labute approximate surface area is 123 Å². The fourth-order valence-corrected chi connectivity index (χ4v) is 2.87.